The highest BCUT2D eigenvalue weighted by molar-refractivity contribution is 9.11. The summed E-state index contributed by atoms with van der Waals surface area (Å²) in [5, 5.41) is 2.05. The van der Waals surface area contributed by atoms with E-state index in [-0.39, 0.29) is 13.6 Å². The van der Waals surface area contributed by atoms with Crippen LogP contribution in [0.5, 0.6) is 11.5 Å². The summed E-state index contributed by atoms with van der Waals surface area (Å²) in [6, 6.07) is 7.94. The Bertz CT molecular complexity index is 549. The minimum absolute atomic E-state index is 0.132. The molecule has 4 nitrogen and oxygen atoms in total. The highest BCUT2D eigenvalue weighted by atomic mass is 79.9. The molecule has 0 saturated heterocycles. The molecule has 0 aromatic heterocycles. The molecule has 2 rings (SSSR count). The minimum atomic E-state index is 0.132. The summed E-state index contributed by atoms with van der Waals surface area (Å²) >= 11 is 7.13. The summed E-state index contributed by atoms with van der Waals surface area (Å²) in [4.78, 5) is 0. The van der Waals surface area contributed by atoms with Gasteiger partial charge in [-0.2, -0.15) is 0 Å². The smallest absolute Gasteiger partial charge is 0.188 e. The second-order valence-corrected chi connectivity index (χ2v) is 5.52. The van der Waals surface area contributed by atoms with Crippen LogP contribution in [0.3, 0.4) is 0 Å². The van der Waals surface area contributed by atoms with Gasteiger partial charge in [0.1, 0.15) is 0 Å². The maximum Gasteiger partial charge on any atom is 0.188 e. The predicted molar refractivity (Wildman–Crippen MR) is 84.4 cm³/mol. The fourth-order valence-electron chi connectivity index (χ4n) is 1.80. The number of benzene rings is 2. The lowest BCUT2D eigenvalue weighted by molar-refractivity contribution is 0.0316. The molecule has 0 radical (unpaired) electrons. The van der Waals surface area contributed by atoms with Crippen LogP contribution in [0.1, 0.15) is 0 Å². The quantitative estimate of drug-likeness (QED) is 0.670. The standard InChI is InChI=1S/C14H14Br2O4/c1-17-7-19-13-11(15)9-5-3-4-6-10(9)12(16)14(13)20-8-18-2/h3-6H,7-8H2,1-2H3. The third kappa shape index (κ3) is 3.09. The van der Waals surface area contributed by atoms with E-state index in [1.165, 1.54) is 0 Å². The van der Waals surface area contributed by atoms with Gasteiger partial charge in [0.05, 0.1) is 8.95 Å². The van der Waals surface area contributed by atoms with Crippen LogP contribution in [0.4, 0.5) is 0 Å². The molecule has 0 spiro atoms. The monoisotopic (exact) mass is 404 g/mol. The fraction of sp³-hybridized carbons (Fsp3) is 0.286. The fourth-order valence-corrected chi connectivity index (χ4v) is 3.08. The molecule has 2 aromatic rings. The van der Waals surface area contributed by atoms with E-state index in [0.29, 0.717) is 11.5 Å². The van der Waals surface area contributed by atoms with Gasteiger partial charge in [0.25, 0.3) is 0 Å². The summed E-state index contributed by atoms with van der Waals surface area (Å²) in [5.41, 5.74) is 0. The first-order valence-corrected chi connectivity index (χ1v) is 7.42. The molecule has 0 aliphatic carbocycles. The summed E-state index contributed by atoms with van der Waals surface area (Å²) in [7, 11) is 3.14. The van der Waals surface area contributed by atoms with Gasteiger partial charge in [0.2, 0.25) is 0 Å². The molecule has 0 amide bonds. The van der Waals surface area contributed by atoms with Crippen LogP contribution < -0.4 is 9.47 Å². The van der Waals surface area contributed by atoms with Crippen molar-refractivity contribution < 1.29 is 18.9 Å². The number of ether oxygens (including phenoxy) is 4. The van der Waals surface area contributed by atoms with Crippen LogP contribution in [0.2, 0.25) is 0 Å². The zero-order chi connectivity index (χ0) is 14.5. The molecule has 0 unspecified atom stereocenters. The Balaban J connectivity index is 2.61. The molecule has 0 aliphatic rings. The van der Waals surface area contributed by atoms with Crippen LogP contribution in [0, 0.1) is 0 Å². The van der Waals surface area contributed by atoms with Crippen molar-refractivity contribution in [3.8, 4) is 11.5 Å². The summed E-state index contributed by atoms with van der Waals surface area (Å²) in [6.45, 7) is 0.263. The zero-order valence-corrected chi connectivity index (χ0v) is 14.3. The van der Waals surface area contributed by atoms with Gasteiger partial charge in [-0.1, -0.05) is 24.3 Å². The van der Waals surface area contributed by atoms with Crippen molar-refractivity contribution in [1.29, 1.82) is 0 Å². The number of hydrogen-bond acceptors (Lipinski definition) is 4. The van der Waals surface area contributed by atoms with Gasteiger partial charge >= 0.3 is 0 Å². The highest BCUT2D eigenvalue weighted by Crippen LogP contribution is 2.47. The molecular formula is C14H14Br2O4. The summed E-state index contributed by atoms with van der Waals surface area (Å²) in [5.74, 6) is 1.16. The second kappa shape index (κ2) is 7.26. The predicted octanol–water partition coefficient (Wildman–Crippen LogP) is 4.33. The molecule has 0 bridgehead atoms. The number of rotatable bonds is 6. The highest BCUT2D eigenvalue weighted by Gasteiger charge is 2.19. The Labute approximate surface area is 134 Å². The van der Waals surface area contributed by atoms with E-state index in [1.807, 2.05) is 24.3 Å². The van der Waals surface area contributed by atoms with E-state index in [1.54, 1.807) is 14.2 Å². The van der Waals surface area contributed by atoms with Crippen LogP contribution >= 0.6 is 31.9 Å². The summed E-state index contributed by atoms with van der Waals surface area (Å²) < 4.78 is 22.8. The van der Waals surface area contributed by atoms with E-state index < -0.39 is 0 Å². The molecule has 0 aliphatic heterocycles. The average Bonchev–Trinajstić information content (AvgIpc) is 2.48. The molecule has 0 fully saturated rings. The molecule has 0 N–H and O–H groups in total. The van der Waals surface area contributed by atoms with Crippen molar-refractivity contribution in [2.45, 2.75) is 0 Å². The van der Waals surface area contributed by atoms with Gasteiger partial charge in [-0.05, 0) is 31.9 Å². The first kappa shape index (κ1) is 15.6. The zero-order valence-electron chi connectivity index (χ0n) is 11.1. The third-order valence-corrected chi connectivity index (χ3v) is 4.22. The number of hydrogen-bond donors (Lipinski definition) is 0. The number of halogens is 2. The molecule has 0 heterocycles. The van der Waals surface area contributed by atoms with Crippen molar-refractivity contribution in [2.24, 2.45) is 0 Å². The molecular weight excluding hydrogens is 392 g/mol. The van der Waals surface area contributed by atoms with Crippen molar-refractivity contribution in [3.63, 3.8) is 0 Å². The number of fused-ring (bicyclic) bond motifs is 1. The normalized spacial score (nSPS) is 10.8. The van der Waals surface area contributed by atoms with Gasteiger partial charge in [-0.25, -0.2) is 0 Å². The summed E-state index contributed by atoms with van der Waals surface area (Å²) in [6.07, 6.45) is 0. The van der Waals surface area contributed by atoms with Gasteiger partial charge in [-0.3, -0.25) is 0 Å². The molecule has 2 aromatic carbocycles. The van der Waals surface area contributed by atoms with E-state index in [0.717, 1.165) is 19.7 Å². The van der Waals surface area contributed by atoms with Gasteiger partial charge in [0, 0.05) is 25.0 Å². The molecule has 0 saturated carbocycles. The second-order valence-electron chi connectivity index (χ2n) is 3.93. The minimum Gasteiger partial charge on any atom is -0.462 e. The van der Waals surface area contributed by atoms with E-state index in [2.05, 4.69) is 31.9 Å². The van der Waals surface area contributed by atoms with Crippen LogP contribution in [-0.4, -0.2) is 27.8 Å². The molecule has 6 heteroatoms. The van der Waals surface area contributed by atoms with Crippen LogP contribution in [-0.2, 0) is 9.47 Å². The maximum absolute atomic E-state index is 5.62. The lowest BCUT2D eigenvalue weighted by atomic mass is 10.1. The molecule has 108 valence electrons. The van der Waals surface area contributed by atoms with Crippen LogP contribution in [0.25, 0.3) is 10.8 Å². The van der Waals surface area contributed by atoms with Crippen LogP contribution in [0.15, 0.2) is 33.2 Å². The molecule has 0 atom stereocenters. The molecule has 20 heavy (non-hydrogen) atoms. The Morgan fingerprint density at radius 2 is 1.20 bits per heavy atom. The SMILES string of the molecule is COCOc1c(OCOC)c(Br)c2ccccc2c1Br. The van der Waals surface area contributed by atoms with E-state index in [4.69, 9.17) is 18.9 Å². The van der Waals surface area contributed by atoms with Crippen molar-refractivity contribution in [3.05, 3.63) is 33.2 Å². The maximum atomic E-state index is 5.62. The Morgan fingerprint density at radius 3 is 1.55 bits per heavy atom. The third-order valence-electron chi connectivity index (χ3n) is 2.65. The number of methoxy groups -OCH3 is 2. The average molecular weight is 406 g/mol. The lowest BCUT2D eigenvalue weighted by Crippen LogP contribution is -2.06. The largest absolute Gasteiger partial charge is 0.462 e. The van der Waals surface area contributed by atoms with Crippen molar-refractivity contribution >= 4 is 42.6 Å². The Kier molecular flexibility index (Phi) is 5.65. The van der Waals surface area contributed by atoms with Gasteiger partial charge in [0.15, 0.2) is 25.1 Å². The van der Waals surface area contributed by atoms with E-state index in [9.17, 15) is 0 Å². The van der Waals surface area contributed by atoms with Gasteiger partial charge in [-0.15, -0.1) is 0 Å². The first-order valence-electron chi connectivity index (χ1n) is 5.83. The van der Waals surface area contributed by atoms with E-state index >= 15 is 0 Å². The first-order chi connectivity index (χ1) is 9.70. The van der Waals surface area contributed by atoms with Crippen molar-refractivity contribution in [1.82, 2.24) is 0 Å². The van der Waals surface area contributed by atoms with Gasteiger partial charge < -0.3 is 18.9 Å². The Morgan fingerprint density at radius 1 is 0.800 bits per heavy atom. The lowest BCUT2D eigenvalue weighted by Gasteiger charge is -2.17. The Hall–Kier alpha value is -0.820. The topological polar surface area (TPSA) is 36.9 Å². The van der Waals surface area contributed by atoms with Crippen molar-refractivity contribution in [2.75, 3.05) is 27.8 Å².